The van der Waals surface area contributed by atoms with Gasteiger partial charge in [-0.1, -0.05) is 0 Å². The number of hydrogen-bond acceptors (Lipinski definition) is 3. The second-order valence-corrected chi connectivity index (χ2v) is 6.51. The Kier molecular flexibility index (Phi) is 3.83. The van der Waals surface area contributed by atoms with Crippen LogP contribution in [0.1, 0.15) is 25.8 Å². The van der Waals surface area contributed by atoms with Gasteiger partial charge in [0.15, 0.2) is 4.77 Å². The number of aromatic amines is 1. The van der Waals surface area contributed by atoms with Crippen molar-refractivity contribution in [2.75, 3.05) is 13.1 Å². The van der Waals surface area contributed by atoms with Crippen LogP contribution in [0.5, 0.6) is 0 Å². The second-order valence-electron chi connectivity index (χ2n) is 6.13. The van der Waals surface area contributed by atoms with Gasteiger partial charge in [-0.3, -0.25) is 0 Å². The van der Waals surface area contributed by atoms with Gasteiger partial charge in [0.2, 0.25) is 0 Å². The highest BCUT2D eigenvalue weighted by Gasteiger charge is 2.25. The molecular formula is C16H20N4S. The first-order valence-corrected chi connectivity index (χ1v) is 7.86. The Morgan fingerprint density at radius 2 is 2.29 bits per heavy atom. The zero-order valence-corrected chi connectivity index (χ0v) is 13.3. The predicted molar refractivity (Wildman–Crippen MR) is 86.7 cm³/mol. The minimum absolute atomic E-state index is 0.608. The Hall–Kier alpha value is -1.64. The van der Waals surface area contributed by atoms with Crippen molar-refractivity contribution >= 4 is 23.3 Å². The fourth-order valence-corrected chi connectivity index (χ4v) is 3.43. The van der Waals surface area contributed by atoms with E-state index in [2.05, 4.69) is 34.4 Å². The molecule has 1 aromatic carbocycles. The van der Waals surface area contributed by atoms with Gasteiger partial charge >= 0.3 is 0 Å². The molecule has 1 aliphatic heterocycles. The summed E-state index contributed by atoms with van der Waals surface area (Å²) in [5.74, 6) is 0.629. The van der Waals surface area contributed by atoms with Crippen LogP contribution in [0.15, 0.2) is 18.2 Å². The summed E-state index contributed by atoms with van der Waals surface area (Å²) >= 11 is 5.46. The minimum Gasteiger partial charge on any atom is -0.331 e. The molecule has 2 aromatic rings. The van der Waals surface area contributed by atoms with Gasteiger partial charge < -0.3 is 14.5 Å². The maximum absolute atomic E-state index is 9.07. The lowest BCUT2D eigenvalue weighted by atomic mass is 10.1. The Labute approximate surface area is 130 Å². The number of aromatic nitrogens is 2. The van der Waals surface area contributed by atoms with Crippen LogP contribution in [0.25, 0.3) is 11.0 Å². The van der Waals surface area contributed by atoms with E-state index in [0.717, 1.165) is 28.9 Å². The predicted octanol–water partition coefficient (Wildman–Crippen LogP) is 3.30. The van der Waals surface area contributed by atoms with Gasteiger partial charge in [-0.25, -0.2) is 0 Å². The molecule has 1 N–H and O–H groups in total. The fourth-order valence-electron chi connectivity index (χ4n) is 3.14. The van der Waals surface area contributed by atoms with Crippen molar-refractivity contribution in [1.29, 1.82) is 5.26 Å². The first kappa shape index (κ1) is 14.3. The molecule has 0 spiro atoms. The first-order chi connectivity index (χ1) is 10.1. The lowest BCUT2D eigenvalue weighted by Gasteiger charge is -2.20. The third-order valence-corrected chi connectivity index (χ3v) is 4.72. The number of nitriles is 1. The molecule has 1 saturated heterocycles. The SMILES string of the molecule is CC(C)N1CCC(Cn2c(=S)[nH]c3ccc(C#N)cc32)C1. The molecule has 1 fully saturated rings. The maximum Gasteiger partial charge on any atom is 0.178 e. The molecule has 2 heterocycles. The summed E-state index contributed by atoms with van der Waals surface area (Å²) in [4.78, 5) is 5.76. The van der Waals surface area contributed by atoms with Gasteiger partial charge in [0.1, 0.15) is 0 Å². The normalized spacial score (nSPS) is 19.4. The molecule has 0 amide bonds. The number of nitrogens with one attached hydrogen (secondary N) is 1. The molecule has 0 saturated carbocycles. The zero-order valence-electron chi connectivity index (χ0n) is 12.5. The summed E-state index contributed by atoms with van der Waals surface area (Å²) in [6.45, 7) is 7.72. The average Bonchev–Trinajstić information content (AvgIpc) is 3.05. The highest BCUT2D eigenvalue weighted by atomic mass is 32.1. The van der Waals surface area contributed by atoms with E-state index in [1.165, 1.54) is 13.0 Å². The van der Waals surface area contributed by atoms with Gasteiger partial charge in [-0.05, 0) is 63.1 Å². The summed E-state index contributed by atoms with van der Waals surface area (Å²) < 4.78 is 2.91. The molecule has 0 radical (unpaired) electrons. The minimum atomic E-state index is 0.608. The summed E-state index contributed by atoms with van der Waals surface area (Å²) in [6, 6.07) is 8.50. The van der Waals surface area contributed by atoms with Gasteiger partial charge in [0, 0.05) is 19.1 Å². The van der Waals surface area contributed by atoms with Crippen molar-refractivity contribution in [3.8, 4) is 6.07 Å². The summed E-state index contributed by atoms with van der Waals surface area (Å²) in [5, 5.41) is 9.07. The Bertz CT molecular complexity index is 750. The number of hydrogen-bond donors (Lipinski definition) is 1. The number of nitrogens with zero attached hydrogens (tertiary/aromatic N) is 3. The third-order valence-electron chi connectivity index (χ3n) is 4.39. The van der Waals surface area contributed by atoms with Crippen LogP contribution in [-0.2, 0) is 6.54 Å². The van der Waals surface area contributed by atoms with E-state index >= 15 is 0 Å². The Morgan fingerprint density at radius 1 is 1.48 bits per heavy atom. The van der Waals surface area contributed by atoms with Crippen molar-refractivity contribution in [1.82, 2.24) is 14.5 Å². The van der Waals surface area contributed by atoms with Crippen LogP contribution in [0, 0.1) is 22.0 Å². The van der Waals surface area contributed by atoms with E-state index in [1.807, 2.05) is 18.2 Å². The molecule has 1 aliphatic rings. The summed E-state index contributed by atoms with van der Waals surface area (Å²) in [7, 11) is 0. The number of H-pyrrole nitrogens is 1. The lowest BCUT2D eigenvalue weighted by Crippen LogP contribution is -2.28. The molecule has 3 rings (SSSR count). The topological polar surface area (TPSA) is 47.8 Å². The molecule has 1 atom stereocenters. The first-order valence-electron chi connectivity index (χ1n) is 7.45. The maximum atomic E-state index is 9.07. The van der Waals surface area contributed by atoms with E-state index in [9.17, 15) is 0 Å². The number of rotatable bonds is 3. The Balaban J connectivity index is 1.89. The largest absolute Gasteiger partial charge is 0.331 e. The van der Waals surface area contributed by atoms with E-state index in [4.69, 9.17) is 17.5 Å². The molecule has 110 valence electrons. The zero-order chi connectivity index (χ0) is 15.0. The fraction of sp³-hybridized carbons (Fsp3) is 0.500. The quantitative estimate of drug-likeness (QED) is 0.885. The van der Waals surface area contributed by atoms with E-state index in [1.54, 1.807) is 0 Å². The summed E-state index contributed by atoms with van der Waals surface area (Å²) in [6.07, 6.45) is 1.21. The highest BCUT2D eigenvalue weighted by molar-refractivity contribution is 7.71. The number of imidazole rings is 1. The molecule has 1 unspecified atom stereocenters. The molecule has 1 aromatic heterocycles. The lowest BCUT2D eigenvalue weighted by molar-refractivity contribution is 0.261. The van der Waals surface area contributed by atoms with Gasteiger partial charge in [-0.2, -0.15) is 5.26 Å². The molecule has 5 heteroatoms. The number of likely N-dealkylation sites (tertiary alicyclic amines) is 1. The third kappa shape index (κ3) is 2.74. The van der Waals surface area contributed by atoms with Crippen molar-refractivity contribution in [2.45, 2.75) is 32.9 Å². The standard InChI is InChI=1S/C16H20N4S/c1-11(2)19-6-5-13(9-19)10-20-15-7-12(8-17)3-4-14(15)18-16(20)21/h3-4,7,11,13H,5-6,9-10H2,1-2H3,(H,18,21). The van der Waals surface area contributed by atoms with E-state index in [0.29, 0.717) is 17.5 Å². The number of benzene rings is 1. The van der Waals surface area contributed by atoms with Crippen molar-refractivity contribution in [3.05, 3.63) is 28.5 Å². The monoisotopic (exact) mass is 300 g/mol. The van der Waals surface area contributed by atoms with E-state index < -0.39 is 0 Å². The van der Waals surface area contributed by atoms with Crippen LogP contribution in [0.4, 0.5) is 0 Å². The molecular weight excluding hydrogens is 280 g/mol. The molecule has 0 aliphatic carbocycles. The van der Waals surface area contributed by atoms with Crippen LogP contribution < -0.4 is 0 Å². The highest BCUT2D eigenvalue weighted by Crippen LogP contribution is 2.23. The van der Waals surface area contributed by atoms with Crippen molar-refractivity contribution in [2.24, 2.45) is 5.92 Å². The molecule has 0 bridgehead atoms. The van der Waals surface area contributed by atoms with E-state index in [-0.39, 0.29) is 0 Å². The second kappa shape index (κ2) is 5.63. The summed E-state index contributed by atoms with van der Waals surface area (Å²) in [5.41, 5.74) is 2.74. The van der Waals surface area contributed by atoms with Gasteiger partial charge in [-0.15, -0.1) is 0 Å². The average molecular weight is 300 g/mol. The molecule has 21 heavy (non-hydrogen) atoms. The van der Waals surface area contributed by atoms with Gasteiger partial charge in [0.05, 0.1) is 22.7 Å². The van der Waals surface area contributed by atoms with Crippen LogP contribution >= 0.6 is 12.2 Å². The number of fused-ring (bicyclic) bond motifs is 1. The van der Waals surface area contributed by atoms with Crippen molar-refractivity contribution < 1.29 is 0 Å². The van der Waals surface area contributed by atoms with Crippen LogP contribution in [0.3, 0.4) is 0 Å². The smallest absolute Gasteiger partial charge is 0.178 e. The van der Waals surface area contributed by atoms with Gasteiger partial charge in [0.25, 0.3) is 0 Å². The van der Waals surface area contributed by atoms with Crippen LogP contribution in [-0.4, -0.2) is 33.6 Å². The van der Waals surface area contributed by atoms with Crippen molar-refractivity contribution in [3.63, 3.8) is 0 Å². The Morgan fingerprint density at radius 3 is 2.95 bits per heavy atom. The molecule has 4 nitrogen and oxygen atoms in total. The van der Waals surface area contributed by atoms with Crippen LogP contribution in [0.2, 0.25) is 0 Å².